The number of carbonyl (C=O) groups excluding carboxylic acids is 1. The van der Waals surface area contributed by atoms with Gasteiger partial charge in [-0.15, -0.1) is 0 Å². The van der Waals surface area contributed by atoms with Crippen LogP contribution in [0.1, 0.15) is 71.6 Å². The summed E-state index contributed by atoms with van der Waals surface area (Å²) in [6.07, 6.45) is 18.6. The van der Waals surface area contributed by atoms with Gasteiger partial charge in [0.05, 0.1) is 12.2 Å². The van der Waals surface area contributed by atoms with Crippen molar-refractivity contribution >= 4 is 5.91 Å². The van der Waals surface area contributed by atoms with Crippen LogP contribution in [0.3, 0.4) is 0 Å². The lowest BCUT2D eigenvalue weighted by molar-refractivity contribution is -0.128. The molecule has 2 aliphatic rings. The SMILES string of the molecule is CCCCC(C)CC(O)/C=C/[C@@H]1[C@H]2CC(/C=C\CCCC(=O)N(C)C)=C[C@H]2C[C@H]1O. The molecule has 0 aromatic rings. The van der Waals surface area contributed by atoms with Gasteiger partial charge in [0, 0.05) is 26.4 Å². The fraction of sp³-hybridized carbons (Fsp3) is 0.731. The van der Waals surface area contributed by atoms with E-state index >= 15 is 0 Å². The lowest BCUT2D eigenvalue weighted by Crippen LogP contribution is -2.20. The molecule has 0 heterocycles. The summed E-state index contributed by atoms with van der Waals surface area (Å²) in [6, 6.07) is 0. The van der Waals surface area contributed by atoms with Crippen molar-refractivity contribution in [2.45, 2.75) is 83.8 Å². The Bertz CT molecular complexity index is 622. The second kappa shape index (κ2) is 12.5. The number of aliphatic hydroxyl groups is 2. The van der Waals surface area contributed by atoms with E-state index in [0.717, 1.165) is 32.1 Å². The number of amides is 1. The third kappa shape index (κ3) is 7.70. The molecule has 0 aromatic carbocycles. The summed E-state index contributed by atoms with van der Waals surface area (Å²) in [5, 5.41) is 20.9. The molecular formula is C26H43NO3. The molecule has 1 amide bonds. The van der Waals surface area contributed by atoms with Crippen LogP contribution in [0.4, 0.5) is 0 Å². The normalized spacial score (nSPS) is 28.1. The first-order valence-corrected chi connectivity index (χ1v) is 11.9. The van der Waals surface area contributed by atoms with Crippen molar-refractivity contribution in [2.75, 3.05) is 14.1 Å². The van der Waals surface area contributed by atoms with Gasteiger partial charge in [0.25, 0.3) is 0 Å². The number of fused-ring (bicyclic) bond motifs is 1. The zero-order chi connectivity index (χ0) is 22.1. The maximum absolute atomic E-state index is 11.6. The minimum absolute atomic E-state index is 0.135. The Morgan fingerprint density at radius 3 is 2.80 bits per heavy atom. The minimum atomic E-state index is -0.415. The van der Waals surface area contributed by atoms with Crippen molar-refractivity contribution < 1.29 is 15.0 Å². The van der Waals surface area contributed by atoms with Gasteiger partial charge in [-0.2, -0.15) is 0 Å². The van der Waals surface area contributed by atoms with E-state index in [2.05, 4.69) is 38.2 Å². The smallest absolute Gasteiger partial charge is 0.222 e. The average Bonchev–Trinajstić information content (AvgIpc) is 3.20. The summed E-state index contributed by atoms with van der Waals surface area (Å²) in [5.74, 6) is 1.73. The van der Waals surface area contributed by atoms with Gasteiger partial charge in [-0.05, 0) is 49.9 Å². The number of allylic oxidation sites excluding steroid dienone is 4. The van der Waals surface area contributed by atoms with Gasteiger partial charge in [-0.1, -0.05) is 69.1 Å². The van der Waals surface area contributed by atoms with Gasteiger partial charge in [-0.3, -0.25) is 4.79 Å². The lowest BCUT2D eigenvalue weighted by atomic mass is 9.88. The largest absolute Gasteiger partial charge is 0.392 e. The van der Waals surface area contributed by atoms with Gasteiger partial charge in [-0.25, -0.2) is 0 Å². The third-order valence-corrected chi connectivity index (χ3v) is 6.74. The van der Waals surface area contributed by atoms with Crippen LogP contribution in [-0.4, -0.2) is 47.3 Å². The van der Waals surface area contributed by atoms with Crippen molar-refractivity contribution in [2.24, 2.45) is 23.7 Å². The van der Waals surface area contributed by atoms with Crippen LogP contribution in [0.15, 0.2) is 36.0 Å². The molecular weight excluding hydrogens is 374 g/mol. The number of unbranched alkanes of at least 4 members (excludes halogenated alkanes) is 2. The van der Waals surface area contributed by atoms with E-state index in [4.69, 9.17) is 0 Å². The topological polar surface area (TPSA) is 60.8 Å². The molecule has 2 rings (SSSR count). The fourth-order valence-electron chi connectivity index (χ4n) is 4.92. The molecule has 2 unspecified atom stereocenters. The van der Waals surface area contributed by atoms with Crippen molar-refractivity contribution in [3.05, 3.63) is 36.0 Å². The zero-order valence-electron chi connectivity index (χ0n) is 19.5. The van der Waals surface area contributed by atoms with Crippen LogP contribution in [0, 0.1) is 23.7 Å². The molecule has 2 aliphatic carbocycles. The molecule has 0 spiro atoms. The van der Waals surface area contributed by atoms with Crippen LogP contribution < -0.4 is 0 Å². The quantitative estimate of drug-likeness (QED) is 0.351. The molecule has 1 fully saturated rings. The van der Waals surface area contributed by atoms with E-state index in [9.17, 15) is 15.0 Å². The number of hydrogen-bond donors (Lipinski definition) is 2. The Kier molecular flexibility index (Phi) is 10.3. The number of hydrogen-bond acceptors (Lipinski definition) is 3. The number of carbonyl (C=O) groups is 1. The molecule has 0 saturated heterocycles. The molecule has 1 saturated carbocycles. The molecule has 0 aliphatic heterocycles. The monoisotopic (exact) mass is 417 g/mol. The standard InChI is InChI=1S/C26H43NO3/c1-5-6-10-19(2)15-22(28)13-14-23-24-17-20(16-21(24)18-25(23)29)11-8-7-9-12-26(30)27(3)4/h8,11,13-14,16,19,21-25,28-29H,5-7,9-10,12,15,17-18H2,1-4H3/b11-8-,14-13+/t19?,21-,22?,23+,24-,25+/m0/s1. The summed E-state index contributed by atoms with van der Waals surface area (Å²) in [4.78, 5) is 13.3. The number of nitrogens with zero attached hydrogens (tertiary/aromatic N) is 1. The van der Waals surface area contributed by atoms with Crippen LogP contribution in [0.25, 0.3) is 0 Å². The third-order valence-electron chi connectivity index (χ3n) is 6.74. The molecule has 6 atom stereocenters. The first-order chi connectivity index (χ1) is 14.3. The Morgan fingerprint density at radius 2 is 2.10 bits per heavy atom. The summed E-state index contributed by atoms with van der Waals surface area (Å²) in [7, 11) is 3.59. The van der Waals surface area contributed by atoms with Crippen LogP contribution in [-0.2, 0) is 4.79 Å². The number of rotatable bonds is 12. The highest BCUT2D eigenvalue weighted by Gasteiger charge is 2.42. The van der Waals surface area contributed by atoms with E-state index in [1.54, 1.807) is 19.0 Å². The molecule has 2 N–H and O–H groups in total. The maximum atomic E-state index is 11.6. The second-order valence-corrected chi connectivity index (χ2v) is 9.67. The van der Waals surface area contributed by atoms with Gasteiger partial charge in [0.15, 0.2) is 0 Å². The van der Waals surface area contributed by atoms with E-state index in [1.165, 1.54) is 24.8 Å². The van der Waals surface area contributed by atoms with Gasteiger partial charge in [0.1, 0.15) is 0 Å². The highest BCUT2D eigenvalue weighted by Crippen LogP contribution is 2.47. The van der Waals surface area contributed by atoms with Crippen LogP contribution in [0.2, 0.25) is 0 Å². The first-order valence-electron chi connectivity index (χ1n) is 11.9. The predicted molar refractivity (Wildman–Crippen MR) is 124 cm³/mol. The Morgan fingerprint density at radius 1 is 1.33 bits per heavy atom. The van der Waals surface area contributed by atoms with E-state index in [-0.39, 0.29) is 17.9 Å². The van der Waals surface area contributed by atoms with Crippen molar-refractivity contribution in [1.29, 1.82) is 0 Å². The Hall–Kier alpha value is -1.39. The lowest BCUT2D eigenvalue weighted by Gasteiger charge is -2.19. The second-order valence-electron chi connectivity index (χ2n) is 9.67. The van der Waals surface area contributed by atoms with E-state index in [1.807, 2.05) is 6.08 Å². The van der Waals surface area contributed by atoms with Gasteiger partial charge >= 0.3 is 0 Å². The number of aliphatic hydroxyl groups excluding tert-OH is 2. The summed E-state index contributed by atoms with van der Waals surface area (Å²) < 4.78 is 0. The van der Waals surface area contributed by atoms with Crippen LogP contribution in [0.5, 0.6) is 0 Å². The predicted octanol–water partition coefficient (Wildman–Crippen LogP) is 4.88. The fourth-order valence-corrected chi connectivity index (χ4v) is 4.92. The summed E-state index contributed by atoms with van der Waals surface area (Å²) in [5.41, 5.74) is 1.35. The average molecular weight is 418 g/mol. The molecule has 4 nitrogen and oxygen atoms in total. The molecule has 0 bridgehead atoms. The van der Waals surface area contributed by atoms with Crippen molar-refractivity contribution in [3.63, 3.8) is 0 Å². The summed E-state index contributed by atoms with van der Waals surface area (Å²) >= 11 is 0. The van der Waals surface area contributed by atoms with Crippen molar-refractivity contribution in [3.8, 4) is 0 Å². The first kappa shape index (κ1) is 24.9. The molecule has 0 radical (unpaired) electrons. The Labute approximate surface area is 183 Å². The highest BCUT2D eigenvalue weighted by molar-refractivity contribution is 5.75. The minimum Gasteiger partial charge on any atom is -0.392 e. The van der Waals surface area contributed by atoms with Gasteiger partial charge < -0.3 is 15.1 Å². The molecule has 4 heteroatoms. The molecule has 0 aromatic heterocycles. The maximum Gasteiger partial charge on any atom is 0.222 e. The van der Waals surface area contributed by atoms with Crippen molar-refractivity contribution in [1.82, 2.24) is 4.90 Å². The summed E-state index contributed by atoms with van der Waals surface area (Å²) in [6.45, 7) is 4.41. The van der Waals surface area contributed by atoms with Crippen LogP contribution >= 0.6 is 0 Å². The highest BCUT2D eigenvalue weighted by atomic mass is 16.3. The zero-order valence-corrected chi connectivity index (χ0v) is 19.5. The van der Waals surface area contributed by atoms with E-state index < -0.39 is 6.10 Å². The molecule has 30 heavy (non-hydrogen) atoms. The van der Waals surface area contributed by atoms with E-state index in [0.29, 0.717) is 24.2 Å². The Balaban J connectivity index is 1.79. The molecule has 170 valence electrons. The van der Waals surface area contributed by atoms with Gasteiger partial charge in [0.2, 0.25) is 5.91 Å².